The summed E-state index contributed by atoms with van der Waals surface area (Å²) in [4.78, 5) is 1.96. The number of nitrogens with two attached hydrogens (primary N) is 1. The summed E-state index contributed by atoms with van der Waals surface area (Å²) in [6, 6.07) is 0. The molecule has 2 nitrogen and oxygen atoms in total. The molecule has 0 amide bonds. The Morgan fingerprint density at radius 2 is 1.58 bits per heavy atom. The van der Waals surface area contributed by atoms with Crippen LogP contribution in [0, 0.1) is 11.3 Å². The van der Waals surface area contributed by atoms with Gasteiger partial charge in [-0.05, 0) is 44.2 Å². The lowest BCUT2D eigenvalue weighted by Crippen LogP contribution is -2.46. The van der Waals surface area contributed by atoms with Gasteiger partial charge in [-0.15, -0.1) is 0 Å². The van der Waals surface area contributed by atoms with Crippen LogP contribution in [0.3, 0.4) is 0 Å². The van der Waals surface area contributed by atoms with Crippen molar-refractivity contribution in [1.29, 1.82) is 0 Å². The molecule has 0 bridgehead atoms. The van der Waals surface area contributed by atoms with Crippen LogP contribution in [0.5, 0.6) is 0 Å². The zero-order valence-electron chi connectivity index (χ0n) is 11.5. The average Bonchev–Trinajstić information content (AvgIpc) is 2.38. The fourth-order valence-corrected chi connectivity index (χ4v) is 3.64. The second kappa shape index (κ2) is 6.00. The molecule has 1 unspecified atom stereocenters. The summed E-state index contributed by atoms with van der Waals surface area (Å²) in [6.07, 6.45) is 4.47. The van der Waals surface area contributed by atoms with Crippen LogP contribution in [0.2, 0.25) is 0 Å². The minimum absolute atomic E-state index is 0.0794. The molecule has 1 spiro atoms. The Bertz CT molecular complexity index is 275. The molecule has 1 aliphatic heterocycles. The maximum absolute atomic E-state index is 12.7. The molecule has 1 saturated carbocycles. The van der Waals surface area contributed by atoms with E-state index in [0.29, 0.717) is 5.41 Å². The highest BCUT2D eigenvalue weighted by atomic mass is 19.4. The summed E-state index contributed by atoms with van der Waals surface area (Å²) in [7, 11) is 0. The quantitative estimate of drug-likeness (QED) is 0.859. The van der Waals surface area contributed by atoms with E-state index in [1.165, 1.54) is 32.1 Å². The van der Waals surface area contributed by atoms with Crippen LogP contribution in [0.25, 0.3) is 0 Å². The van der Waals surface area contributed by atoms with Crippen LogP contribution in [0.15, 0.2) is 0 Å². The molecular formula is C14H25F3N2. The van der Waals surface area contributed by atoms with Gasteiger partial charge in [-0.25, -0.2) is 0 Å². The van der Waals surface area contributed by atoms with Gasteiger partial charge in [0.1, 0.15) is 0 Å². The first-order chi connectivity index (χ1) is 8.95. The smallest absolute Gasteiger partial charge is 0.330 e. The molecule has 1 aliphatic carbocycles. The summed E-state index contributed by atoms with van der Waals surface area (Å²) in [5.74, 6) is -1.37. The minimum Gasteiger partial charge on any atom is -0.330 e. The number of halogens is 3. The number of hydrogen-bond donors (Lipinski definition) is 1. The van der Waals surface area contributed by atoms with Crippen LogP contribution >= 0.6 is 0 Å². The van der Waals surface area contributed by atoms with Gasteiger partial charge in [0.05, 0.1) is 5.92 Å². The van der Waals surface area contributed by atoms with Crippen LogP contribution in [0.4, 0.5) is 13.2 Å². The molecule has 2 aliphatic rings. The Morgan fingerprint density at radius 1 is 1.00 bits per heavy atom. The summed E-state index contributed by atoms with van der Waals surface area (Å²) in [5, 5.41) is 0. The fraction of sp³-hybridized carbons (Fsp3) is 1.00. The highest BCUT2D eigenvalue weighted by Gasteiger charge is 2.41. The van der Waals surface area contributed by atoms with Crippen LogP contribution < -0.4 is 5.73 Å². The number of hydrogen-bond acceptors (Lipinski definition) is 2. The molecule has 0 aromatic carbocycles. The SMILES string of the molecule is NCC(CN1CCC2(CCCCC2)CC1)C(F)(F)F. The third-order valence-corrected chi connectivity index (χ3v) is 5.06. The molecule has 0 radical (unpaired) electrons. The Morgan fingerprint density at radius 3 is 2.05 bits per heavy atom. The molecule has 2 N–H and O–H groups in total. The summed E-state index contributed by atoms with van der Waals surface area (Å²) in [5.41, 5.74) is 5.72. The van der Waals surface area contributed by atoms with Crippen molar-refractivity contribution in [1.82, 2.24) is 4.90 Å². The second-order valence-corrected chi connectivity index (χ2v) is 6.34. The van der Waals surface area contributed by atoms with E-state index in [-0.39, 0.29) is 13.1 Å². The number of likely N-dealkylation sites (tertiary alicyclic amines) is 1. The molecule has 1 atom stereocenters. The lowest BCUT2D eigenvalue weighted by molar-refractivity contribution is -0.177. The third-order valence-electron chi connectivity index (χ3n) is 5.06. The minimum atomic E-state index is -4.16. The molecule has 0 aromatic rings. The molecular weight excluding hydrogens is 253 g/mol. The summed E-state index contributed by atoms with van der Waals surface area (Å²) < 4.78 is 38.2. The van der Waals surface area contributed by atoms with E-state index < -0.39 is 12.1 Å². The van der Waals surface area contributed by atoms with Crippen molar-refractivity contribution in [3.63, 3.8) is 0 Å². The molecule has 1 saturated heterocycles. The lowest BCUT2D eigenvalue weighted by atomic mass is 9.68. The molecule has 5 heteroatoms. The summed E-state index contributed by atoms with van der Waals surface area (Å²) >= 11 is 0. The van der Waals surface area contributed by atoms with E-state index in [1.54, 1.807) is 0 Å². The van der Waals surface area contributed by atoms with E-state index >= 15 is 0 Å². The summed E-state index contributed by atoms with van der Waals surface area (Å²) in [6.45, 7) is 1.40. The Kier molecular flexibility index (Phi) is 4.77. The first-order valence-corrected chi connectivity index (χ1v) is 7.44. The van der Waals surface area contributed by atoms with Gasteiger partial charge in [0, 0.05) is 13.1 Å². The number of rotatable bonds is 3. The van der Waals surface area contributed by atoms with Crippen LogP contribution in [0.1, 0.15) is 44.9 Å². The molecule has 19 heavy (non-hydrogen) atoms. The van der Waals surface area contributed by atoms with Gasteiger partial charge in [0.25, 0.3) is 0 Å². The van der Waals surface area contributed by atoms with E-state index in [4.69, 9.17) is 5.73 Å². The van der Waals surface area contributed by atoms with Gasteiger partial charge in [-0.2, -0.15) is 13.2 Å². The van der Waals surface area contributed by atoms with Crippen molar-refractivity contribution in [2.75, 3.05) is 26.2 Å². The predicted molar refractivity (Wildman–Crippen MR) is 69.8 cm³/mol. The Balaban J connectivity index is 1.82. The highest BCUT2D eigenvalue weighted by molar-refractivity contribution is 4.89. The van der Waals surface area contributed by atoms with Gasteiger partial charge >= 0.3 is 6.18 Å². The average molecular weight is 278 g/mol. The molecule has 112 valence electrons. The van der Waals surface area contributed by atoms with Crippen molar-refractivity contribution in [3.8, 4) is 0 Å². The van der Waals surface area contributed by atoms with Gasteiger partial charge in [0.15, 0.2) is 0 Å². The normalized spacial score (nSPS) is 26.5. The van der Waals surface area contributed by atoms with Crippen molar-refractivity contribution in [3.05, 3.63) is 0 Å². The van der Waals surface area contributed by atoms with E-state index in [9.17, 15) is 13.2 Å². The highest BCUT2D eigenvalue weighted by Crippen LogP contribution is 2.44. The zero-order chi connectivity index (χ0) is 13.9. The predicted octanol–water partition coefficient (Wildman–Crippen LogP) is 3.17. The van der Waals surface area contributed by atoms with Crippen molar-refractivity contribution in [2.45, 2.75) is 51.1 Å². The van der Waals surface area contributed by atoms with Crippen molar-refractivity contribution < 1.29 is 13.2 Å². The van der Waals surface area contributed by atoms with Crippen molar-refractivity contribution >= 4 is 0 Å². The third kappa shape index (κ3) is 3.85. The first-order valence-electron chi connectivity index (χ1n) is 7.44. The lowest BCUT2D eigenvalue weighted by Gasteiger charge is -2.45. The second-order valence-electron chi connectivity index (χ2n) is 6.34. The van der Waals surface area contributed by atoms with Gasteiger partial charge < -0.3 is 10.6 Å². The molecule has 2 rings (SSSR count). The van der Waals surface area contributed by atoms with E-state index in [2.05, 4.69) is 0 Å². The largest absolute Gasteiger partial charge is 0.394 e. The molecule has 1 heterocycles. The van der Waals surface area contributed by atoms with Crippen molar-refractivity contribution in [2.24, 2.45) is 17.1 Å². The van der Waals surface area contributed by atoms with Gasteiger partial charge in [-0.3, -0.25) is 0 Å². The number of piperidine rings is 1. The van der Waals surface area contributed by atoms with Gasteiger partial charge in [0.2, 0.25) is 0 Å². The van der Waals surface area contributed by atoms with Crippen LogP contribution in [-0.2, 0) is 0 Å². The number of nitrogens with zero attached hydrogens (tertiary/aromatic N) is 1. The maximum atomic E-state index is 12.7. The van der Waals surface area contributed by atoms with Gasteiger partial charge in [-0.1, -0.05) is 19.3 Å². The molecule has 0 aromatic heterocycles. The Labute approximate surface area is 113 Å². The first kappa shape index (κ1) is 15.1. The number of alkyl halides is 3. The fourth-order valence-electron chi connectivity index (χ4n) is 3.64. The Hall–Kier alpha value is -0.290. The van der Waals surface area contributed by atoms with E-state index in [0.717, 1.165) is 25.9 Å². The maximum Gasteiger partial charge on any atom is 0.394 e. The topological polar surface area (TPSA) is 29.3 Å². The molecule has 2 fully saturated rings. The van der Waals surface area contributed by atoms with Crippen LogP contribution in [-0.4, -0.2) is 37.3 Å². The monoisotopic (exact) mass is 278 g/mol. The standard InChI is InChI=1S/C14H25F3N2/c15-14(16,17)12(10-18)11-19-8-6-13(7-9-19)4-2-1-3-5-13/h12H,1-11,18H2. The van der Waals surface area contributed by atoms with E-state index in [1.807, 2.05) is 4.90 Å². The zero-order valence-corrected chi connectivity index (χ0v) is 11.5.